The Hall–Kier alpha value is 0.160. The smallest absolute Gasteiger partial charge is 0.293 e. The highest BCUT2D eigenvalue weighted by molar-refractivity contribution is 14.1. The van der Waals surface area contributed by atoms with Gasteiger partial charge in [-0.3, -0.25) is 4.79 Å². The molecule has 54 valence electrons. The lowest BCUT2D eigenvalue weighted by Crippen LogP contribution is -2.13. The molecule has 0 radical (unpaired) electrons. The number of halogens is 1. The van der Waals surface area contributed by atoms with Crippen molar-refractivity contribution < 1.29 is 9.53 Å². The number of carbonyl (C=O) groups excluding carboxylic acids is 1. The van der Waals surface area contributed by atoms with Crippen LogP contribution in [-0.2, 0) is 9.53 Å². The quantitative estimate of drug-likeness (QED) is 0.243. The van der Waals surface area contributed by atoms with Crippen LogP contribution >= 0.6 is 22.6 Å². The molecule has 0 amide bonds. The molecule has 0 bridgehead atoms. The molecule has 3 nitrogen and oxygen atoms in total. The minimum atomic E-state index is 0.476. The Morgan fingerprint density at radius 3 is 3.00 bits per heavy atom. The van der Waals surface area contributed by atoms with E-state index < -0.39 is 0 Å². The van der Waals surface area contributed by atoms with Crippen LogP contribution in [0.15, 0.2) is 0 Å². The summed E-state index contributed by atoms with van der Waals surface area (Å²) in [5.41, 5.74) is 0. The first-order valence-corrected chi connectivity index (χ1v) is 4.26. The van der Waals surface area contributed by atoms with Crippen LogP contribution in [0.25, 0.3) is 0 Å². The van der Waals surface area contributed by atoms with E-state index in [0.29, 0.717) is 13.1 Å². The molecule has 9 heavy (non-hydrogen) atoms. The topological polar surface area (TPSA) is 38.3 Å². The second-order valence-electron chi connectivity index (χ2n) is 1.45. The van der Waals surface area contributed by atoms with Crippen LogP contribution < -0.4 is 5.32 Å². The number of carbonyl (C=O) groups is 1. The van der Waals surface area contributed by atoms with Crippen molar-refractivity contribution in [3.63, 3.8) is 0 Å². The fraction of sp³-hybridized carbons (Fsp3) is 0.800. The van der Waals surface area contributed by atoms with Crippen molar-refractivity contribution in [3.8, 4) is 0 Å². The van der Waals surface area contributed by atoms with Gasteiger partial charge in [-0.2, -0.15) is 0 Å². The summed E-state index contributed by atoms with van der Waals surface area (Å²) in [6, 6.07) is 0. The summed E-state index contributed by atoms with van der Waals surface area (Å²) in [7, 11) is 0. The fourth-order valence-corrected chi connectivity index (χ4v) is 0.777. The van der Waals surface area contributed by atoms with Gasteiger partial charge in [0.15, 0.2) is 0 Å². The normalized spacial score (nSPS) is 9.00. The Balaban J connectivity index is 2.66. The molecule has 0 heterocycles. The number of nitrogens with one attached hydrogen (secondary N) is 1. The number of rotatable bonds is 6. The van der Waals surface area contributed by atoms with Crippen LogP contribution in [0.4, 0.5) is 0 Å². The van der Waals surface area contributed by atoms with E-state index in [0.717, 1.165) is 17.5 Å². The average Bonchev–Trinajstić information content (AvgIpc) is 1.89. The van der Waals surface area contributed by atoms with Crippen LogP contribution in [0, 0.1) is 0 Å². The lowest BCUT2D eigenvalue weighted by Gasteiger charge is -1.97. The number of hydrogen-bond donors (Lipinski definition) is 1. The van der Waals surface area contributed by atoms with Crippen molar-refractivity contribution in [1.29, 1.82) is 0 Å². The summed E-state index contributed by atoms with van der Waals surface area (Å²) < 4.78 is 5.40. The van der Waals surface area contributed by atoms with Gasteiger partial charge in [0.25, 0.3) is 6.47 Å². The molecule has 0 fully saturated rings. The van der Waals surface area contributed by atoms with Crippen LogP contribution in [0.5, 0.6) is 0 Å². The number of alkyl halides is 1. The molecule has 1 N–H and O–H groups in total. The van der Waals surface area contributed by atoms with Gasteiger partial charge in [0, 0.05) is 4.55 Å². The third-order valence-corrected chi connectivity index (χ3v) is 1.32. The molecule has 0 aliphatic heterocycles. The fourth-order valence-electron chi connectivity index (χ4n) is 0.395. The van der Waals surface area contributed by atoms with E-state index in [1.807, 2.05) is 0 Å². The molecule has 0 aromatic carbocycles. The number of ether oxygens (including phenoxy) is 1. The van der Waals surface area contributed by atoms with Gasteiger partial charge in [0.05, 0.1) is 6.61 Å². The monoisotopic (exact) mass is 243 g/mol. The summed E-state index contributed by atoms with van der Waals surface area (Å²) in [5, 5.41) is 3.10. The largest absolute Gasteiger partial charge is 0.468 e. The molecule has 0 aromatic heterocycles. The van der Waals surface area contributed by atoms with Crippen LogP contribution in [-0.4, -0.2) is 24.2 Å². The van der Waals surface area contributed by atoms with Crippen LogP contribution in [0.3, 0.4) is 0 Å². The number of hydrogen-bond acceptors (Lipinski definition) is 3. The van der Waals surface area contributed by atoms with Crippen molar-refractivity contribution in [2.45, 2.75) is 6.42 Å². The maximum absolute atomic E-state index is 9.59. The van der Waals surface area contributed by atoms with E-state index in [1.165, 1.54) is 0 Å². The zero-order valence-corrected chi connectivity index (χ0v) is 7.26. The van der Waals surface area contributed by atoms with E-state index in [4.69, 9.17) is 0 Å². The Morgan fingerprint density at radius 1 is 1.67 bits per heavy atom. The van der Waals surface area contributed by atoms with E-state index >= 15 is 0 Å². The van der Waals surface area contributed by atoms with Crippen molar-refractivity contribution in [2.75, 3.05) is 17.7 Å². The summed E-state index contributed by atoms with van der Waals surface area (Å²) in [5.74, 6) is 0. The summed E-state index contributed by atoms with van der Waals surface area (Å²) in [4.78, 5) is 9.59. The van der Waals surface area contributed by atoms with E-state index in [1.54, 1.807) is 0 Å². The van der Waals surface area contributed by atoms with Gasteiger partial charge in [-0.05, 0) is 13.0 Å². The predicted molar refractivity (Wildman–Crippen MR) is 43.5 cm³/mol. The Labute approximate surface area is 68.3 Å². The maximum atomic E-state index is 9.59. The molecule has 0 saturated carbocycles. The zero-order valence-electron chi connectivity index (χ0n) is 5.10. The van der Waals surface area contributed by atoms with Gasteiger partial charge in [0.1, 0.15) is 0 Å². The Morgan fingerprint density at radius 2 is 2.44 bits per heavy atom. The lowest BCUT2D eigenvalue weighted by molar-refractivity contribution is -0.128. The highest BCUT2D eigenvalue weighted by Gasteiger charge is 1.84. The van der Waals surface area contributed by atoms with Crippen LogP contribution in [0.1, 0.15) is 6.42 Å². The molecule has 0 aliphatic rings. The first-order valence-electron chi connectivity index (χ1n) is 2.73. The van der Waals surface area contributed by atoms with Crippen molar-refractivity contribution in [3.05, 3.63) is 0 Å². The second-order valence-corrected chi connectivity index (χ2v) is 2.22. The van der Waals surface area contributed by atoms with Crippen molar-refractivity contribution in [2.24, 2.45) is 0 Å². The van der Waals surface area contributed by atoms with Gasteiger partial charge < -0.3 is 10.1 Å². The predicted octanol–water partition coefficient (Wildman–Crippen LogP) is 0.532. The zero-order chi connectivity index (χ0) is 6.95. The lowest BCUT2D eigenvalue weighted by atomic mass is 10.5. The Kier molecular flexibility index (Phi) is 8.31. The molecule has 0 saturated heterocycles. The molecular formula is C5H10INO2. The summed E-state index contributed by atoms with van der Waals surface area (Å²) in [6.07, 6.45) is 0.891. The molecule has 0 aromatic rings. The van der Waals surface area contributed by atoms with Gasteiger partial charge in [0.2, 0.25) is 0 Å². The van der Waals surface area contributed by atoms with E-state index in [9.17, 15) is 4.79 Å². The third-order valence-electron chi connectivity index (χ3n) is 0.778. The molecular weight excluding hydrogens is 233 g/mol. The first-order chi connectivity index (χ1) is 4.41. The van der Waals surface area contributed by atoms with Crippen molar-refractivity contribution >= 4 is 29.1 Å². The highest BCUT2D eigenvalue weighted by Crippen LogP contribution is 1.79. The minimum Gasteiger partial charge on any atom is -0.468 e. The first kappa shape index (κ1) is 9.16. The summed E-state index contributed by atoms with van der Waals surface area (Å²) in [6.45, 7) is 1.91. The minimum absolute atomic E-state index is 0.476. The second kappa shape index (κ2) is 8.16. The van der Waals surface area contributed by atoms with E-state index in [-0.39, 0.29) is 0 Å². The van der Waals surface area contributed by atoms with Gasteiger partial charge in [-0.15, -0.1) is 0 Å². The van der Waals surface area contributed by atoms with Gasteiger partial charge in [-0.25, -0.2) is 0 Å². The third kappa shape index (κ3) is 8.16. The van der Waals surface area contributed by atoms with Crippen molar-refractivity contribution in [1.82, 2.24) is 5.32 Å². The molecule has 4 heteroatoms. The summed E-state index contributed by atoms with van der Waals surface area (Å²) >= 11 is 2.23. The molecule has 0 aliphatic carbocycles. The molecule has 0 unspecified atom stereocenters. The highest BCUT2D eigenvalue weighted by atomic mass is 127. The Bertz CT molecular complexity index is 70.0. The van der Waals surface area contributed by atoms with E-state index in [2.05, 4.69) is 32.6 Å². The maximum Gasteiger partial charge on any atom is 0.293 e. The average molecular weight is 243 g/mol. The standard InChI is InChI=1S/C5H10INO2/c6-4-7-2-1-3-9-5-8/h5,7H,1-4H2. The van der Waals surface area contributed by atoms with Gasteiger partial charge >= 0.3 is 0 Å². The molecule has 0 spiro atoms. The van der Waals surface area contributed by atoms with Crippen LogP contribution in [0.2, 0.25) is 0 Å². The molecule has 0 rings (SSSR count). The SMILES string of the molecule is O=COCCCNCI. The van der Waals surface area contributed by atoms with Gasteiger partial charge in [-0.1, -0.05) is 22.6 Å². The molecule has 0 atom stereocenters.